The molecule has 0 saturated carbocycles. The summed E-state index contributed by atoms with van der Waals surface area (Å²) in [7, 11) is 0. The van der Waals surface area contributed by atoms with Crippen LogP contribution in [-0.4, -0.2) is 26.2 Å². The van der Waals surface area contributed by atoms with Gasteiger partial charge in [-0.15, -0.1) is 0 Å². The van der Waals surface area contributed by atoms with Crippen LogP contribution < -0.4 is 5.73 Å². The molecule has 19 heavy (non-hydrogen) atoms. The van der Waals surface area contributed by atoms with Crippen molar-refractivity contribution in [1.82, 2.24) is 19.9 Å². The Kier molecular flexibility index (Phi) is 6.88. The Balaban J connectivity index is 0.000000311. The van der Waals surface area contributed by atoms with Gasteiger partial charge < -0.3 is 5.73 Å². The van der Waals surface area contributed by atoms with Gasteiger partial charge in [0.2, 0.25) is 0 Å². The van der Waals surface area contributed by atoms with Gasteiger partial charge in [-0.25, -0.2) is 19.9 Å². The summed E-state index contributed by atoms with van der Waals surface area (Å²) in [5.41, 5.74) is 8.96. The van der Waals surface area contributed by atoms with Crippen LogP contribution in [0.3, 0.4) is 0 Å². The SMILES string of the molecule is C.C.C1=NCc2cncnc21.Cc1ncncc1N. The molecule has 0 fully saturated rings. The lowest BCUT2D eigenvalue weighted by Crippen LogP contribution is -1.92. The van der Waals surface area contributed by atoms with Crippen molar-refractivity contribution >= 4 is 11.9 Å². The van der Waals surface area contributed by atoms with Crippen LogP contribution in [0.4, 0.5) is 5.69 Å². The summed E-state index contributed by atoms with van der Waals surface area (Å²) in [6, 6.07) is 0. The van der Waals surface area contributed by atoms with Crippen molar-refractivity contribution in [2.45, 2.75) is 28.3 Å². The molecule has 1 aliphatic rings. The first-order valence-corrected chi connectivity index (χ1v) is 5.08. The fourth-order valence-corrected chi connectivity index (χ4v) is 1.24. The second-order valence-electron chi connectivity index (χ2n) is 3.47. The van der Waals surface area contributed by atoms with Crippen molar-refractivity contribution in [3.05, 3.63) is 42.0 Å². The molecule has 6 nitrogen and oxygen atoms in total. The highest BCUT2D eigenvalue weighted by atomic mass is 14.9. The first kappa shape index (κ1) is 16.6. The highest BCUT2D eigenvalue weighted by Crippen LogP contribution is 2.07. The van der Waals surface area contributed by atoms with Gasteiger partial charge in [-0.05, 0) is 6.92 Å². The number of nitrogens with zero attached hydrogens (tertiary/aromatic N) is 5. The van der Waals surface area contributed by atoms with E-state index in [0.717, 1.165) is 23.5 Å². The molecule has 3 rings (SSSR count). The second-order valence-corrected chi connectivity index (χ2v) is 3.47. The lowest BCUT2D eigenvalue weighted by molar-refractivity contribution is 1.04. The Bertz CT molecular complexity index is 517. The van der Waals surface area contributed by atoms with Gasteiger partial charge in [-0.2, -0.15) is 0 Å². The average molecular weight is 260 g/mol. The molecule has 3 heterocycles. The first-order valence-electron chi connectivity index (χ1n) is 5.08. The molecule has 0 amide bonds. The van der Waals surface area contributed by atoms with E-state index in [1.54, 1.807) is 18.6 Å². The molecule has 2 N–H and O–H groups in total. The van der Waals surface area contributed by atoms with E-state index in [2.05, 4.69) is 24.9 Å². The van der Waals surface area contributed by atoms with Crippen LogP contribution in [0.25, 0.3) is 0 Å². The van der Waals surface area contributed by atoms with Crippen LogP contribution in [0.15, 0.2) is 30.0 Å². The number of aryl methyl sites for hydroxylation is 1. The fraction of sp³-hybridized carbons (Fsp3) is 0.308. The number of aromatic nitrogens is 4. The van der Waals surface area contributed by atoms with Crippen molar-refractivity contribution in [1.29, 1.82) is 0 Å². The molecule has 0 saturated heterocycles. The van der Waals surface area contributed by atoms with Gasteiger partial charge in [-0.1, -0.05) is 14.9 Å². The molecule has 2 aromatic rings. The van der Waals surface area contributed by atoms with E-state index in [1.807, 2.05) is 6.92 Å². The number of nitrogen functional groups attached to an aromatic ring is 1. The topological polar surface area (TPSA) is 89.9 Å². The number of hydrogen-bond donors (Lipinski definition) is 1. The molecule has 0 unspecified atom stereocenters. The number of rotatable bonds is 0. The summed E-state index contributed by atoms with van der Waals surface area (Å²) < 4.78 is 0. The van der Waals surface area contributed by atoms with E-state index in [4.69, 9.17) is 5.73 Å². The van der Waals surface area contributed by atoms with Crippen molar-refractivity contribution in [2.75, 3.05) is 5.73 Å². The molecule has 102 valence electrons. The predicted molar refractivity (Wildman–Crippen MR) is 78.0 cm³/mol. The van der Waals surface area contributed by atoms with Crippen LogP contribution in [0.5, 0.6) is 0 Å². The number of hydrogen-bond acceptors (Lipinski definition) is 6. The highest BCUT2D eigenvalue weighted by molar-refractivity contribution is 5.81. The third-order valence-electron chi connectivity index (χ3n) is 2.25. The van der Waals surface area contributed by atoms with Crippen molar-refractivity contribution in [3.63, 3.8) is 0 Å². The van der Waals surface area contributed by atoms with Crippen molar-refractivity contribution < 1.29 is 0 Å². The zero-order valence-electron chi connectivity index (χ0n) is 9.41. The fourth-order valence-electron chi connectivity index (χ4n) is 1.24. The van der Waals surface area contributed by atoms with E-state index >= 15 is 0 Å². The summed E-state index contributed by atoms with van der Waals surface area (Å²) in [6.07, 6.45) is 8.18. The molecule has 0 radical (unpaired) electrons. The Morgan fingerprint density at radius 1 is 1.05 bits per heavy atom. The predicted octanol–water partition coefficient (Wildman–Crippen LogP) is 2.05. The standard InChI is InChI=1S/C6H5N3.C5H7N3.2CH4/c1-5-2-8-4-9-6(5)3-7-1;1-4-5(6)2-7-3-8-4;;/h2-4H,1H2;2-3H,6H2,1H3;2*1H4. The van der Waals surface area contributed by atoms with Crippen LogP contribution >= 0.6 is 0 Å². The Morgan fingerprint density at radius 2 is 1.74 bits per heavy atom. The minimum atomic E-state index is 0. The smallest absolute Gasteiger partial charge is 0.116 e. The maximum Gasteiger partial charge on any atom is 0.116 e. The van der Waals surface area contributed by atoms with E-state index in [-0.39, 0.29) is 14.9 Å². The summed E-state index contributed by atoms with van der Waals surface area (Å²) in [4.78, 5) is 19.4. The minimum Gasteiger partial charge on any atom is -0.396 e. The lowest BCUT2D eigenvalue weighted by atomic mass is 10.3. The quantitative estimate of drug-likeness (QED) is 0.782. The highest BCUT2D eigenvalue weighted by Gasteiger charge is 2.04. The third-order valence-corrected chi connectivity index (χ3v) is 2.25. The van der Waals surface area contributed by atoms with E-state index in [9.17, 15) is 0 Å². The maximum atomic E-state index is 5.39. The van der Waals surface area contributed by atoms with Gasteiger partial charge in [0.25, 0.3) is 0 Å². The summed E-state index contributed by atoms with van der Waals surface area (Å²) in [5, 5.41) is 0. The second kappa shape index (κ2) is 7.86. The Labute approximate surface area is 113 Å². The van der Waals surface area contributed by atoms with Gasteiger partial charge in [0.05, 0.1) is 29.8 Å². The molecule has 1 aliphatic heterocycles. The van der Waals surface area contributed by atoms with Gasteiger partial charge in [-0.3, -0.25) is 4.99 Å². The summed E-state index contributed by atoms with van der Waals surface area (Å²) in [5.74, 6) is 0. The normalized spacial score (nSPS) is 10.4. The molecule has 0 aromatic carbocycles. The molecular weight excluding hydrogens is 240 g/mol. The lowest BCUT2D eigenvalue weighted by Gasteiger charge is -1.91. The monoisotopic (exact) mass is 260 g/mol. The Morgan fingerprint density at radius 3 is 2.32 bits per heavy atom. The van der Waals surface area contributed by atoms with Crippen LogP contribution in [0.2, 0.25) is 0 Å². The number of anilines is 1. The van der Waals surface area contributed by atoms with Gasteiger partial charge in [0, 0.05) is 18.0 Å². The molecule has 0 aliphatic carbocycles. The van der Waals surface area contributed by atoms with Crippen LogP contribution in [0.1, 0.15) is 31.8 Å². The molecule has 0 atom stereocenters. The maximum absolute atomic E-state index is 5.39. The zero-order chi connectivity index (χ0) is 12.1. The number of fused-ring (bicyclic) bond motifs is 1. The van der Waals surface area contributed by atoms with Crippen molar-refractivity contribution in [2.24, 2.45) is 4.99 Å². The van der Waals surface area contributed by atoms with E-state index in [1.165, 1.54) is 12.7 Å². The van der Waals surface area contributed by atoms with E-state index in [0.29, 0.717) is 5.69 Å². The minimum absolute atomic E-state index is 0. The third kappa shape index (κ3) is 4.42. The average Bonchev–Trinajstić information content (AvgIpc) is 2.82. The Hall–Kier alpha value is -2.37. The van der Waals surface area contributed by atoms with Crippen molar-refractivity contribution in [3.8, 4) is 0 Å². The van der Waals surface area contributed by atoms with Crippen LogP contribution in [0, 0.1) is 6.92 Å². The largest absolute Gasteiger partial charge is 0.396 e. The zero-order valence-corrected chi connectivity index (χ0v) is 9.41. The van der Waals surface area contributed by atoms with Crippen LogP contribution in [-0.2, 0) is 6.54 Å². The molecule has 0 bridgehead atoms. The van der Waals surface area contributed by atoms with E-state index < -0.39 is 0 Å². The number of aliphatic imine (C=N–C) groups is 1. The van der Waals surface area contributed by atoms with Gasteiger partial charge in [0.1, 0.15) is 12.7 Å². The molecule has 6 heteroatoms. The molecule has 2 aromatic heterocycles. The molecule has 0 spiro atoms. The summed E-state index contributed by atoms with van der Waals surface area (Å²) >= 11 is 0. The molecular formula is C13H20N6. The number of nitrogens with two attached hydrogens (primary N) is 1. The first-order chi connectivity index (χ1) is 8.27. The van der Waals surface area contributed by atoms with Gasteiger partial charge >= 0.3 is 0 Å². The summed E-state index contributed by atoms with van der Waals surface area (Å²) in [6.45, 7) is 2.59. The van der Waals surface area contributed by atoms with Gasteiger partial charge in [0.15, 0.2) is 0 Å².